The molecular weight excluding hydrogens is 400 g/mol. The van der Waals surface area contributed by atoms with Crippen molar-refractivity contribution in [3.63, 3.8) is 0 Å². The van der Waals surface area contributed by atoms with Crippen molar-refractivity contribution >= 4 is 40.9 Å². The Kier molecular flexibility index (Phi) is 7.30. The van der Waals surface area contributed by atoms with Gasteiger partial charge >= 0.3 is 5.97 Å². The molecule has 3 atom stereocenters. The van der Waals surface area contributed by atoms with E-state index in [1.165, 1.54) is 11.8 Å². The van der Waals surface area contributed by atoms with Crippen LogP contribution in [0.2, 0.25) is 0 Å². The lowest BCUT2D eigenvalue weighted by Gasteiger charge is -2.24. The van der Waals surface area contributed by atoms with E-state index in [1.54, 1.807) is 18.2 Å². The highest BCUT2D eigenvalue weighted by Gasteiger charge is 2.34. The standard InChI is InChI=1S/C23H24N2O4S/c1-15(21(26)24-16-8-3-2-4-9-16)30-18-11-7-10-17(14-18)25-22(27)19-12-5-6-13-20(19)23(28)29/h2-11,14-15,19-20H,12-13H2,1H3,(H,24,26)(H,25,27)(H,28,29). The monoisotopic (exact) mass is 424 g/mol. The lowest BCUT2D eigenvalue weighted by molar-refractivity contribution is -0.146. The zero-order valence-corrected chi connectivity index (χ0v) is 17.4. The van der Waals surface area contributed by atoms with Crippen LogP contribution >= 0.6 is 11.8 Å². The molecule has 0 fully saturated rings. The maximum atomic E-state index is 12.6. The molecule has 0 aromatic heterocycles. The van der Waals surface area contributed by atoms with Gasteiger partial charge < -0.3 is 15.7 Å². The fraction of sp³-hybridized carbons (Fsp3) is 0.261. The molecule has 1 aliphatic rings. The molecule has 6 nitrogen and oxygen atoms in total. The van der Waals surface area contributed by atoms with Crippen LogP contribution in [0.15, 0.2) is 71.6 Å². The number of carboxylic acids is 1. The van der Waals surface area contributed by atoms with Crippen LogP contribution < -0.4 is 10.6 Å². The molecule has 2 amide bonds. The summed E-state index contributed by atoms with van der Waals surface area (Å²) in [5.41, 5.74) is 1.32. The van der Waals surface area contributed by atoms with Crippen molar-refractivity contribution < 1.29 is 19.5 Å². The lowest BCUT2D eigenvalue weighted by Crippen LogP contribution is -2.34. The summed E-state index contributed by atoms with van der Waals surface area (Å²) in [5.74, 6) is -2.68. The number of hydrogen-bond donors (Lipinski definition) is 3. The van der Waals surface area contributed by atoms with Gasteiger partial charge in [-0.05, 0) is 50.1 Å². The number of anilines is 2. The van der Waals surface area contributed by atoms with Gasteiger partial charge in [-0.15, -0.1) is 11.8 Å². The fourth-order valence-corrected chi connectivity index (χ4v) is 4.21. The number of carbonyl (C=O) groups excluding carboxylic acids is 2. The number of para-hydroxylation sites is 1. The Balaban J connectivity index is 1.61. The van der Waals surface area contributed by atoms with Gasteiger partial charge in [0.25, 0.3) is 0 Å². The highest BCUT2D eigenvalue weighted by Crippen LogP contribution is 2.29. The maximum absolute atomic E-state index is 12.6. The van der Waals surface area contributed by atoms with Crippen LogP contribution in [0.3, 0.4) is 0 Å². The molecule has 0 spiro atoms. The Hall–Kier alpha value is -3.06. The molecule has 0 aliphatic heterocycles. The minimum atomic E-state index is -0.956. The highest BCUT2D eigenvalue weighted by molar-refractivity contribution is 8.00. The number of carboxylic acid groups (broad SMARTS) is 1. The zero-order chi connectivity index (χ0) is 21.5. The van der Waals surface area contributed by atoms with E-state index in [9.17, 15) is 19.5 Å². The first-order valence-electron chi connectivity index (χ1n) is 9.75. The quantitative estimate of drug-likeness (QED) is 0.452. The Labute approximate surface area is 179 Å². The van der Waals surface area contributed by atoms with Crippen LogP contribution in [0.5, 0.6) is 0 Å². The van der Waals surface area contributed by atoms with E-state index >= 15 is 0 Å². The number of aliphatic carboxylic acids is 1. The predicted molar refractivity (Wildman–Crippen MR) is 118 cm³/mol. The van der Waals surface area contributed by atoms with E-state index in [0.717, 1.165) is 10.6 Å². The number of benzene rings is 2. The number of amides is 2. The number of allylic oxidation sites excluding steroid dienone is 2. The summed E-state index contributed by atoms with van der Waals surface area (Å²) in [7, 11) is 0. The Morgan fingerprint density at radius 2 is 1.60 bits per heavy atom. The second-order valence-electron chi connectivity index (χ2n) is 7.13. The van der Waals surface area contributed by atoms with Gasteiger partial charge in [0.1, 0.15) is 0 Å². The Bertz CT molecular complexity index is 945. The van der Waals surface area contributed by atoms with Gasteiger partial charge in [0, 0.05) is 16.3 Å². The molecule has 0 bridgehead atoms. The fourth-order valence-electron chi connectivity index (χ4n) is 3.28. The number of hydrogen-bond acceptors (Lipinski definition) is 4. The van der Waals surface area contributed by atoms with Crippen LogP contribution in [0.1, 0.15) is 19.8 Å². The average molecular weight is 425 g/mol. The van der Waals surface area contributed by atoms with Crippen molar-refractivity contribution in [1.82, 2.24) is 0 Å². The maximum Gasteiger partial charge on any atom is 0.307 e. The molecule has 0 radical (unpaired) electrons. The summed E-state index contributed by atoms with van der Waals surface area (Å²) >= 11 is 1.38. The summed E-state index contributed by atoms with van der Waals surface area (Å²) in [6.07, 6.45) is 4.43. The highest BCUT2D eigenvalue weighted by atomic mass is 32.2. The van der Waals surface area contributed by atoms with Crippen LogP contribution in [-0.2, 0) is 14.4 Å². The minimum Gasteiger partial charge on any atom is -0.481 e. The first-order chi connectivity index (χ1) is 14.4. The number of rotatable bonds is 7. The minimum absolute atomic E-state index is 0.112. The number of nitrogens with one attached hydrogen (secondary N) is 2. The van der Waals surface area contributed by atoms with Gasteiger partial charge in [0.2, 0.25) is 11.8 Å². The molecule has 3 rings (SSSR count). The molecule has 1 aliphatic carbocycles. The average Bonchev–Trinajstić information content (AvgIpc) is 2.74. The van der Waals surface area contributed by atoms with Crippen LogP contribution in [0, 0.1) is 11.8 Å². The predicted octanol–water partition coefficient (Wildman–Crippen LogP) is 4.41. The summed E-state index contributed by atoms with van der Waals surface area (Å²) in [6, 6.07) is 16.5. The van der Waals surface area contributed by atoms with Crippen LogP contribution in [-0.4, -0.2) is 28.1 Å². The smallest absolute Gasteiger partial charge is 0.307 e. The van der Waals surface area contributed by atoms with E-state index in [0.29, 0.717) is 18.5 Å². The number of thioether (sulfide) groups is 1. The molecule has 2 aromatic rings. The van der Waals surface area contributed by atoms with Crippen molar-refractivity contribution in [2.24, 2.45) is 11.8 Å². The van der Waals surface area contributed by atoms with Gasteiger partial charge in [-0.3, -0.25) is 14.4 Å². The van der Waals surface area contributed by atoms with E-state index in [-0.39, 0.29) is 17.1 Å². The van der Waals surface area contributed by atoms with Crippen molar-refractivity contribution in [3.8, 4) is 0 Å². The van der Waals surface area contributed by atoms with E-state index in [1.807, 2.05) is 55.5 Å². The molecule has 7 heteroatoms. The van der Waals surface area contributed by atoms with Gasteiger partial charge in [-0.2, -0.15) is 0 Å². The van der Waals surface area contributed by atoms with Crippen molar-refractivity contribution in [2.75, 3.05) is 10.6 Å². The molecule has 0 saturated carbocycles. The van der Waals surface area contributed by atoms with Gasteiger partial charge in [0.05, 0.1) is 17.1 Å². The molecule has 30 heavy (non-hydrogen) atoms. The van der Waals surface area contributed by atoms with Crippen LogP contribution in [0.25, 0.3) is 0 Å². The molecule has 0 heterocycles. The molecule has 156 valence electrons. The van der Waals surface area contributed by atoms with E-state index in [2.05, 4.69) is 10.6 Å². The van der Waals surface area contributed by atoms with Gasteiger partial charge in [-0.25, -0.2) is 0 Å². The van der Waals surface area contributed by atoms with Crippen molar-refractivity contribution in [2.45, 2.75) is 29.9 Å². The lowest BCUT2D eigenvalue weighted by atomic mass is 9.82. The summed E-state index contributed by atoms with van der Waals surface area (Å²) in [4.78, 5) is 37.3. The largest absolute Gasteiger partial charge is 0.481 e. The summed E-state index contributed by atoms with van der Waals surface area (Å²) in [5, 5.41) is 14.7. The molecular formula is C23H24N2O4S. The van der Waals surface area contributed by atoms with Crippen molar-refractivity contribution in [1.29, 1.82) is 0 Å². The Morgan fingerprint density at radius 1 is 0.933 bits per heavy atom. The first-order valence-corrected chi connectivity index (χ1v) is 10.6. The SMILES string of the molecule is CC(Sc1cccc(NC(=O)C2CC=CCC2C(=O)O)c1)C(=O)Nc1ccccc1. The first kappa shape index (κ1) is 21.6. The van der Waals surface area contributed by atoms with E-state index < -0.39 is 17.8 Å². The third-order valence-electron chi connectivity index (χ3n) is 4.91. The second-order valence-corrected chi connectivity index (χ2v) is 8.54. The molecule has 3 N–H and O–H groups in total. The molecule has 3 unspecified atom stereocenters. The number of carbonyl (C=O) groups is 3. The molecule has 2 aromatic carbocycles. The van der Waals surface area contributed by atoms with Crippen molar-refractivity contribution in [3.05, 3.63) is 66.7 Å². The Morgan fingerprint density at radius 3 is 2.30 bits per heavy atom. The topological polar surface area (TPSA) is 95.5 Å². The van der Waals surface area contributed by atoms with Gasteiger partial charge in [0.15, 0.2) is 0 Å². The third kappa shape index (κ3) is 5.73. The van der Waals surface area contributed by atoms with Gasteiger partial charge in [-0.1, -0.05) is 36.4 Å². The molecule has 0 saturated heterocycles. The van der Waals surface area contributed by atoms with E-state index in [4.69, 9.17) is 0 Å². The third-order valence-corrected chi connectivity index (χ3v) is 6.01. The van der Waals surface area contributed by atoms with Crippen LogP contribution in [0.4, 0.5) is 11.4 Å². The second kappa shape index (κ2) is 10.1. The zero-order valence-electron chi connectivity index (χ0n) is 16.6. The summed E-state index contributed by atoms with van der Waals surface area (Å²) in [6.45, 7) is 1.82. The summed E-state index contributed by atoms with van der Waals surface area (Å²) < 4.78 is 0. The normalized spacial score (nSPS) is 19.0.